The minimum absolute atomic E-state index is 0.102. The van der Waals surface area contributed by atoms with Gasteiger partial charge in [0.25, 0.3) is 0 Å². The molecule has 5 nitrogen and oxygen atoms in total. The van der Waals surface area contributed by atoms with E-state index in [9.17, 15) is 26.5 Å². The summed E-state index contributed by atoms with van der Waals surface area (Å²) in [6.07, 6.45) is 4.61. The van der Waals surface area contributed by atoms with Gasteiger partial charge in [0.2, 0.25) is 0 Å². The first-order valence-corrected chi connectivity index (χ1v) is 7.77. The Bertz CT molecular complexity index is 465. The van der Waals surface area contributed by atoms with Gasteiger partial charge < -0.3 is 9.45 Å². The van der Waals surface area contributed by atoms with Crippen LogP contribution in [-0.4, -0.2) is 42.1 Å². The average molecular weight is 296 g/mol. The largest absolute Gasteiger partial charge is 0.743 e. The van der Waals surface area contributed by atoms with Crippen molar-refractivity contribution in [2.24, 2.45) is 11.8 Å². The lowest BCUT2D eigenvalue weighted by molar-refractivity contribution is -0.150. The van der Waals surface area contributed by atoms with Crippen LogP contribution in [0.2, 0.25) is 0 Å². The minimum atomic E-state index is -5.95. The van der Waals surface area contributed by atoms with E-state index >= 15 is 0 Å². The number of likely N-dealkylation sites (tertiary alicyclic amines) is 1. The van der Waals surface area contributed by atoms with E-state index in [-0.39, 0.29) is 19.0 Å². The van der Waals surface area contributed by atoms with Gasteiger partial charge in [-0.3, -0.25) is 4.79 Å². The summed E-state index contributed by atoms with van der Waals surface area (Å²) in [5, 5.41) is -4.85. The quantitative estimate of drug-likeness (QED) is 0.716. The smallest absolute Gasteiger partial charge is 0.410 e. The third-order valence-electron chi connectivity index (χ3n) is 4.14. The topological polar surface area (TPSA) is 77.5 Å². The number of rotatable bonds is 2. The van der Waals surface area contributed by atoms with Crippen LogP contribution in [0.3, 0.4) is 0 Å². The molecule has 8 heteroatoms. The van der Waals surface area contributed by atoms with Gasteiger partial charge in [0.1, 0.15) is 0 Å². The Morgan fingerprint density at radius 3 is 2.32 bits per heavy atom. The van der Waals surface area contributed by atoms with Crippen molar-refractivity contribution in [3.8, 4) is 0 Å². The summed E-state index contributed by atoms with van der Waals surface area (Å²) in [5.41, 5.74) is 0. The molecule has 0 aromatic heterocycles. The second-order valence-electron chi connectivity index (χ2n) is 5.32. The molecule has 0 aromatic rings. The standard InChI is InChI=1S/C11H17F2NO4S/c12-11(13,19(16,17)18)10(15)14-6-5-8-3-1-2-4-9(8)7-14/h8-9H,1-7H2,(H,16,17,18)/p-1. The van der Waals surface area contributed by atoms with Crippen LogP contribution in [0, 0.1) is 11.8 Å². The Morgan fingerprint density at radius 2 is 1.74 bits per heavy atom. The van der Waals surface area contributed by atoms with Crippen molar-refractivity contribution in [1.82, 2.24) is 4.90 Å². The summed E-state index contributed by atoms with van der Waals surface area (Å²) >= 11 is 0. The highest BCUT2D eigenvalue weighted by molar-refractivity contribution is 7.87. The van der Waals surface area contributed by atoms with E-state index in [1.54, 1.807) is 0 Å². The number of carbonyl (C=O) groups is 1. The summed E-state index contributed by atoms with van der Waals surface area (Å²) in [5.74, 6) is -1.29. The van der Waals surface area contributed by atoms with Crippen molar-refractivity contribution < 1.29 is 26.5 Å². The average Bonchev–Trinajstić information content (AvgIpc) is 2.36. The molecule has 2 atom stereocenters. The highest BCUT2D eigenvalue weighted by atomic mass is 32.2. The Labute approximate surface area is 110 Å². The van der Waals surface area contributed by atoms with Gasteiger partial charge in [0, 0.05) is 13.1 Å². The number of alkyl halides is 2. The molecule has 1 saturated heterocycles. The van der Waals surface area contributed by atoms with Gasteiger partial charge in [0.05, 0.1) is 0 Å². The normalized spacial score (nSPS) is 28.9. The van der Waals surface area contributed by atoms with Crippen LogP contribution < -0.4 is 0 Å². The fraction of sp³-hybridized carbons (Fsp3) is 0.909. The van der Waals surface area contributed by atoms with Crippen molar-refractivity contribution in [3.63, 3.8) is 0 Å². The first-order valence-electron chi connectivity index (χ1n) is 6.36. The van der Waals surface area contributed by atoms with Crippen molar-refractivity contribution in [1.29, 1.82) is 0 Å². The van der Waals surface area contributed by atoms with Crippen LogP contribution in [-0.2, 0) is 14.9 Å². The highest BCUT2D eigenvalue weighted by Crippen LogP contribution is 2.37. The lowest BCUT2D eigenvalue weighted by Gasteiger charge is -2.42. The van der Waals surface area contributed by atoms with Gasteiger partial charge in [-0.2, -0.15) is 8.78 Å². The molecule has 1 saturated carbocycles. The molecule has 1 aliphatic carbocycles. The maximum Gasteiger partial charge on any atom is 0.410 e. The van der Waals surface area contributed by atoms with Crippen molar-refractivity contribution in [2.75, 3.05) is 13.1 Å². The number of carbonyl (C=O) groups excluding carboxylic acids is 1. The molecule has 0 spiro atoms. The highest BCUT2D eigenvalue weighted by Gasteiger charge is 2.50. The molecule has 1 aliphatic heterocycles. The third kappa shape index (κ3) is 2.74. The van der Waals surface area contributed by atoms with Crippen LogP contribution in [0.5, 0.6) is 0 Å². The monoisotopic (exact) mass is 296 g/mol. The van der Waals surface area contributed by atoms with Crippen LogP contribution in [0.25, 0.3) is 0 Å². The summed E-state index contributed by atoms with van der Waals surface area (Å²) in [6.45, 7) is 0.236. The molecule has 1 amide bonds. The second-order valence-corrected chi connectivity index (χ2v) is 6.74. The van der Waals surface area contributed by atoms with Crippen molar-refractivity contribution in [2.45, 2.75) is 37.4 Å². The SMILES string of the molecule is O=C(N1CCC2CCCCC2C1)C(F)(F)S(=O)(=O)[O-]. The molecule has 2 rings (SSSR count). The van der Waals surface area contributed by atoms with E-state index in [4.69, 9.17) is 0 Å². The molecule has 2 fully saturated rings. The van der Waals surface area contributed by atoms with E-state index < -0.39 is 21.3 Å². The Balaban J connectivity index is 2.09. The minimum Gasteiger partial charge on any atom is -0.743 e. The summed E-state index contributed by atoms with van der Waals surface area (Å²) in [7, 11) is -5.95. The van der Waals surface area contributed by atoms with E-state index in [0.717, 1.165) is 30.6 Å². The molecule has 110 valence electrons. The van der Waals surface area contributed by atoms with Crippen LogP contribution in [0.1, 0.15) is 32.1 Å². The molecule has 0 aromatic carbocycles. The Kier molecular flexibility index (Phi) is 3.83. The number of piperidine rings is 1. The van der Waals surface area contributed by atoms with Crippen LogP contribution in [0.15, 0.2) is 0 Å². The maximum absolute atomic E-state index is 13.2. The van der Waals surface area contributed by atoms with E-state index in [1.807, 2.05) is 0 Å². The predicted molar refractivity (Wildman–Crippen MR) is 61.3 cm³/mol. The number of amides is 1. The molecular formula is C11H16F2NO4S-. The number of fused-ring (bicyclic) bond motifs is 1. The maximum atomic E-state index is 13.2. The Morgan fingerprint density at radius 1 is 1.16 bits per heavy atom. The fourth-order valence-electron chi connectivity index (χ4n) is 3.08. The zero-order chi connectivity index (χ0) is 14.3. The van der Waals surface area contributed by atoms with E-state index in [2.05, 4.69) is 0 Å². The second kappa shape index (κ2) is 4.97. The van der Waals surface area contributed by atoms with Crippen molar-refractivity contribution >= 4 is 16.0 Å². The molecule has 2 unspecified atom stereocenters. The summed E-state index contributed by atoms with van der Waals surface area (Å²) < 4.78 is 57.9. The van der Waals surface area contributed by atoms with E-state index in [0.29, 0.717) is 12.3 Å². The Hall–Kier alpha value is -0.760. The van der Waals surface area contributed by atoms with E-state index in [1.165, 1.54) is 0 Å². The van der Waals surface area contributed by atoms with Gasteiger partial charge in [-0.05, 0) is 24.7 Å². The van der Waals surface area contributed by atoms with Gasteiger partial charge in [0.15, 0.2) is 10.1 Å². The first-order chi connectivity index (χ1) is 8.73. The summed E-state index contributed by atoms with van der Waals surface area (Å²) in [4.78, 5) is 12.4. The zero-order valence-electron chi connectivity index (χ0n) is 10.3. The molecular weight excluding hydrogens is 280 g/mol. The lowest BCUT2D eigenvalue weighted by atomic mass is 9.75. The molecule has 2 aliphatic rings. The van der Waals surface area contributed by atoms with Crippen molar-refractivity contribution in [3.05, 3.63) is 0 Å². The first kappa shape index (κ1) is 14.6. The molecule has 1 heterocycles. The van der Waals surface area contributed by atoms with Gasteiger partial charge in [-0.25, -0.2) is 8.42 Å². The molecule has 19 heavy (non-hydrogen) atoms. The molecule has 0 N–H and O–H groups in total. The molecule has 0 bridgehead atoms. The molecule has 0 radical (unpaired) electrons. The number of halogens is 2. The number of hydrogen-bond acceptors (Lipinski definition) is 4. The van der Waals surface area contributed by atoms with Gasteiger partial charge >= 0.3 is 11.2 Å². The fourth-order valence-corrected chi connectivity index (χ4v) is 3.42. The van der Waals surface area contributed by atoms with Gasteiger partial charge in [-0.1, -0.05) is 19.3 Å². The zero-order valence-corrected chi connectivity index (χ0v) is 11.2. The number of nitrogens with zero attached hydrogens (tertiary/aromatic N) is 1. The summed E-state index contributed by atoms with van der Waals surface area (Å²) in [6, 6.07) is 0. The van der Waals surface area contributed by atoms with Crippen LogP contribution in [0.4, 0.5) is 8.78 Å². The predicted octanol–water partition coefficient (Wildman–Crippen LogP) is 1.16. The van der Waals surface area contributed by atoms with Crippen LogP contribution >= 0.6 is 0 Å². The third-order valence-corrected chi connectivity index (χ3v) is 4.94. The van der Waals surface area contributed by atoms with Gasteiger partial charge in [-0.15, -0.1) is 0 Å². The lowest BCUT2D eigenvalue weighted by Crippen LogP contribution is -2.53. The number of hydrogen-bond donors (Lipinski definition) is 0.